The lowest BCUT2D eigenvalue weighted by Gasteiger charge is -2.17. The molecule has 0 unspecified atom stereocenters. The zero-order chi connectivity index (χ0) is 19.1. The van der Waals surface area contributed by atoms with E-state index in [2.05, 4.69) is 29.8 Å². The van der Waals surface area contributed by atoms with Gasteiger partial charge in [0.25, 0.3) is 0 Å². The number of halogens is 1. The largest absolute Gasteiger partial charge is 0.358 e. The van der Waals surface area contributed by atoms with Crippen LogP contribution >= 0.6 is 11.6 Å². The Kier molecular flexibility index (Phi) is 3.95. The van der Waals surface area contributed by atoms with Gasteiger partial charge in [0.05, 0.1) is 34.1 Å². The Morgan fingerprint density at radius 3 is 2.75 bits per heavy atom. The SMILES string of the molecule is C[C@H](Nc1ncnc2nc[nH]c12)c1nc2ccccc2n1-c1ccccc1Cl. The van der Waals surface area contributed by atoms with E-state index in [1.807, 2.05) is 55.5 Å². The quantitative estimate of drug-likeness (QED) is 0.472. The fraction of sp³-hybridized carbons (Fsp3) is 0.100. The molecule has 3 aromatic heterocycles. The zero-order valence-corrected chi connectivity index (χ0v) is 15.7. The van der Waals surface area contributed by atoms with Crippen LogP contribution in [0.4, 0.5) is 5.82 Å². The van der Waals surface area contributed by atoms with Gasteiger partial charge in [0, 0.05) is 0 Å². The van der Waals surface area contributed by atoms with Crippen molar-refractivity contribution >= 4 is 39.6 Å². The summed E-state index contributed by atoms with van der Waals surface area (Å²) in [5.41, 5.74) is 4.16. The molecule has 1 atom stereocenters. The number of aromatic nitrogens is 6. The summed E-state index contributed by atoms with van der Waals surface area (Å²) in [4.78, 5) is 20.7. The molecule has 0 spiro atoms. The summed E-state index contributed by atoms with van der Waals surface area (Å²) in [6.45, 7) is 2.04. The van der Waals surface area contributed by atoms with Gasteiger partial charge in [0.2, 0.25) is 0 Å². The highest BCUT2D eigenvalue weighted by Gasteiger charge is 2.20. The van der Waals surface area contributed by atoms with Gasteiger partial charge in [0.1, 0.15) is 17.7 Å². The number of fused-ring (bicyclic) bond motifs is 2. The molecule has 3 heterocycles. The summed E-state index contributed by atoms with van der Waals surface area (Å²) in [7, 11) is 0. The van der Waals surface area contributed by atoms with Gasteiger partial charge in [-0.05, 0) is 31.2 Å². The maximum Gasteiger partial charge on any atom is 0.182 e. The molecule has 0 radical (unpaired) electrons. The molecule has 0 aliphatic rings. The lowest BCUT2D eigenvalue weighted by molar-refractivity contribution is 0.769. The van der Waals surface area contributed by atoms with Crippen molar-refractivity contribution in [3.63, 3.8) is 0 Å². The first-order valence-electron chi connectivity index (χ1n) is 8.85. The monoisotopic (exact) mass is 389 g/mol. The summed E-state index contributed by atoms with van der Waals surface area (Å²) < 4.78 is 2.08. The Bertz CT molecular complexity index is 1290. The van der Waals surface area contributed by atoms with E-state index in [9.17, 15) is 0 Å². The van der Waals surface area contributed by atoms with E-state index < -0.39 is 0 Å². The highest BCUT2D eigenvalue weighted by molar-refractivity contribution is 6.32. The second kappa shape index (κ2) is 6.61. The number of rotatable bonds is 4. The summed E-state index contributed by atoms with van der Waals surface area (Å²) in [6.07, 6.45) is 3.10. The third kappa shape index (κ3) is 2.68. The smallest absolute Gasteiger partial charge is 0.182 e. The number of H-pyrrole nitrogens is 1. The Labute approximate surface area is 165 Å². The summed E-state index contributed by atoms with van der Waals surface area (Å²) in [6, 6.07) is 15.6. The maximum atomic E-state index is 6.51. The third-order valence-electron chi connectivity index (χ3n) is 4.64. The number of imidazole rings is 2. The first-order chi connectivity index (χ1) is 13.7. The maximum absolute atomic E-state index is 6.51. The lowest BCUT2D eigenvalue weighted by Crippen LogP contribution is -2.14. The molecule has 2 aromatic carbocycles. The Hall–Kier alpha value is -3.45. The van der Waals surface area contributed by atoms with Gasteiger partial charge < -0.3 is 10.3 Å². The molecule has 2 N–H and O–H groups in total. The van der Waals surface area contributed by atoms with E-state index in [0.29, 0.717) is 16.5 Å². The number of benzene rings is 2. The molecule has 8 heteroatoms. The van der Waals surface area contributed by atoms with Gasteiger partial charge in [-0.3, -0.25) is 4.57 Å². The second-order valence-electron chi connectivity index (χ2n) is 6.43. The number of nitrogens with one attached hydrogen (secondary N) is 2. The lowest BCUT2D eigenvalue weighted by atomic mass is 10.2. The van der Waals surface area contributed by atoms with Crippen LogP contribution in [0.15, 0.2) is 61.2 Å². The minimum absolute atomic E-state index is 0.148. The van der Waals surface area contributed by atoms with Crippen LogP contribution in [0.5, 0.6) is 0 Å². The number of hydrogen-bond donors (Lipinski definition) is 2. The van der Waals surface area contributed by atoms with Crippen molar-refractivity contribution in [3.05, 3.63) is 72.0 Å². The molecular weight excluding hydrogens is 374 g/mol. The predicted molar refractivity (Wildman–Crippen MR) is 110 cm³/mol. The van der Waals surface area contributed by atoms with Crippen molar-refractivity contribution in [2.45, 2.75) is 13.0 Å². The van der Waals surface area contributed by atoms with E-state index in [4.69, 9.17) is 16.6 Å². The number of anilines is 1. The molecule has 0 aliphatic heterocycles. The van der Waals surface area contributed by atoms with Gasteiger partial charge >= 0.3 is 0 Å². The molecule has 0 saturated carbocycles. The predicted octanol–water partition coefficient (Wildman–Crippen LogP) is 4.52. The highest BCUT2D eigenvalue weighted by Crippen LogP contribution is 2.31. The van der Waals surface area contributed by atoms with E-state index in [1.54, 1.807) is 6.33 Å². The van der Waals surface area contributed by atoms with Crippen molar-refractivity contribution < 1.29 is 0 Å². The van der Waals surface area contributed by atoms with Crippen LogP contribution in [-0.2, 0) is 0 Å². The molecule has 5 rings (SSSR count). The highest BCUT2D eigenvalue weighted by atomic mass is 35.5. The van der Waals surface area contributed by atoms with Crippen LogP contribution in [0.1, 0.15) is 18.8 Å². The van der Waals surface area contributed by atoms with Crippen LogP contribution in [0.2, 0.25) is 5.02 Å². The molecule has 0 amide bonds. The summed E-state index contributed by atoms with van der Waals surface area (Å²) in [5.74, 6) is 1.51. The Balaban J connectivity index is 1.65. The molecule has 0 aliphatic carbocycles. The fourth-order valence-corrected chi connectivity index (χ4v) is 3.59. The number of hydrogen-bond acceptors (Lipinski definition) is 5. The average molecular weight is 390 g/mol. The number of nitrogens with zero attached hydrogens (tertiary/aromatic N) is 5. The minimum Gasteiger partial charge on any atom is -0.358 e. The van der Waals surface area contributed by atoms with Crippen LogP contribution in [0, 0.1) is 0 Å². The molecular formula is C20H16ClN7. The van der Waals surface area contributed by atoms with Crippen molar-refractivity contribution in [1.29, 1.82) is 0 Å². The zero-order valence-electron chi connectivity index (χ0n) is 15.0. The van der Waals surface area contributed by atoms with Crippen LogP contribution in [0.3, 0.4) is 0 Å². The first kappa shape index (κ1) is 16.7. The molecule has 5 aromatic rings. The van der Waals surface area contributed by atoms with Gasteiger partial charge in [-0.15, -0.1) is 0 Å². The number of para-hydroxylation sites is 3. The molecule has 0 bridgehead atoms. The van der Waals surface area contributed by atoms with E-state index in [0.717, 1.165) is 28.1 Å². The Morgan fingerprint density at radius 1 is 1.04 bits per heavy atom. The summed E-state index contributed by atoms with van der Waals surface area (Å²) in [5, 5.41) is 4.09. The second-order valence-corrected chi connectivity index (χ2v) is 6.84. The van der Waals surface area contributed by atoms with Gasteiger partial charge in [-0.25, -0.2) is 19.9 Å². The standard InChI is InChI=1S/C20H16ClN7/c1-12(26-19-17-18(23-10-22-17)24-11-25-19)20-27-14-7-3-5-9-16(14)28(20)15-8-4-2-6-13(15)21/h2-12H,1H3,(H2,22,23,24,25,26)/t12-/m0/s1. The minimum atomic E-state index is -0.148. The average Bonchev–Trinajstić information content (AvgIpc) is 3.33. The van der Waals surface area contributed by atoms with Crippen molar-refractivity contribution in [1.82, 2.24) is 29.5 Å². The van der Waals surface area contributed by atoms with Gasteiger partial charge in [-0.1, -0.05) is 35.9 Å². The summed E-state index contributed by atoms with van der Waals surface area (Å²) >= 11 is 6.51. The van der Waals surface area contributed by atoms with Crippen molar-refractivity contribution in [2.75, 3.05) is 5.32 Å². The molecule has 0 saturated heterocycles. The van der Waals surface area contributed by atoms with E-state index in [-0.39, 0.29) is 6.04 Å². The van der Waals surface area contributed by atoms with Crippen LogP contribution in [0.25, 0.3) is 27.9 Å². The molecule has 28 heavy (non-hydrogen) atoms. The molecule has 7 nitrogen and oxygen atoms in total. The Morgan fingerprint density at radius 2 is 1.86 bits per heavy atom. The van der Waals surface area contributed by atoms with E-state index >= 15 is 0 Å². The van der Waals surface area contributed by atoms with Crippen molar-refractivity contribution in [2.24, 2.45) is 0 Å². The van der Waals surface area contributed by atoms with E-state index in [1.165, 1.54) is 6.33 Å². The molecule has 0 fully saturated rings. The fourth-order valence-electron chi connectivity index (χ4n) is 3.37. The van der Waals surface area contributed by atoms with Crippen molar-refractivity contribution in [3.8, 4) is 5.69 Å². The molecule has 138 valence electrons. The third-order valence-corrected chi connectivity index (χ3v) is 4.96. The van der Waals surface area contributed by atoms with Gasteiger partial charge in [-0.2, -0.15) is 0 Å². The first-order valence-corrected chi connectivity index (χ1v) is 9.23. The number of aromatic amines is 1. The topological polar surface area (TPSA) is 84.3 Å². The normalized spacial score (nSPS) is 12.5. The van der Waals surface area contributed by atoms with Crippen LogP contribution in [-0.4, -0.2) is 29.5 Å². The van der Waals surface area contributed by atoms with Gasteiger partial charge in [0.15, 0.2) is 11.5 Å². The van der Waals surface area contributed by atoms with Crippen LogP contribution < -0.4 is 5.32 Å².